The Labute approximate surface area is 136 Å². The zero-order valence-corrected chi connectivity index (χ0v) is 15.3. The lowest BCUT2D eigenvalue weighted by molar-refractivity contribution is 0.0578. The van der Waals surface area contributed by atoms with Crippen LogP contribution in [0.5, 0.6) is 0 Å². The summed E-state index contributed by atoms with van der Waals surface area (Å²) in [6.45, 7) is 3.27. The molecule has 2 rings (SSSR count). The molecule has 1 aromatic heterocycles. The van der Waals surface area contributed by atoms with Gasteiger partial charge in [0.1, 0.15) is 0 Å². The second kappa shape index (κ2) is 7.39. The van der Waals surface area contributed by atoms with Gasteiger partial charge in [0.05, 0.1) is 3.79 Å². The number of halogens is 1. The SMILES string of the molecule is CCNC(Cc1ccc(Br)s1)C1(N(C)C)CCCCC1. The van der Waals surface area contributed by atoms with Crippen LogP contribution in [0.25, 0.3) is 0 Å². The first-order valence-electron chi connectivity index (χ1n) is 7.73. The predicted octanol–water partition coefficient (Wildman–Crippen LogP) is 4.30. The van der Waals surface area contributed by atoms with Crippen LogP contribution in [0.3, 0.4) is 0 Å². The van der Waals surface area contributed by atoms with Crippen molar-refractivity contribution in [2.75, 3.05) is 20.6 Å². The first-order chi connectivity index (χ1) is 9.58. The van der Waals surface area contributed by atoms with Crippen LogP contribution in [0.2, 0.25) is 0 Å². The molecule has 0 radical (unpaired) electrons. The van der Waals surface area contributed by atoms with Crippen molar-refractivity contribution in [3.8, 4) is 0 Å². The van der Waals surface area contributed by atoms with Gasteiger partial charge in [-0.2, -0.15) is 0 Å². The normalized spacial score (nSPS) is 20.2. The molecule has 1 aliphatic rings. The summed E-state index contributed by atoms with van der Waals surface area (Å²) in [4.78, 5) is 3.97. The summed E-state index contributed by atoms with van der Waals surface area (Å²) in [5.41, 5.74) is 0.324. The highest BCUT2D eigenvalue weighted by molar-refractivity contribution is 9.11. The maximum Gasteiger partial charge on any atom is 0.0701 e. The summed E-state index contributed by atoms with van der Waals surface area (Å²) in [5.74, 6) is 0. The number of likely N-dealkylation sites (N-methyl/N-ethyl adjacent to an activating group) is 2. The molecule has 1 aliphatic carbocycles. The van der Waals surface area contributed by atoms with Crippen molar-refractivity contribution in [1.82, 2.24) is 10.2 Å². The highest BCUT2D eigenvalue weighted by Crippen LogP contribution is 2.37. The van der Waals surface area contributed by atoms with Crippen LogP contribution in [0, 0.1) is 0 Å². The fourth-order valence-corrected chi connectivity index (χ4v) is 5.16. The molecule has 1 atom stereocenters. The van der Waals surface area contributed by atoms with Crippen molar-refractivity contribution >= 4 is 27.3 Å². The molecule has 1 heterocycles. The second-order valence-electron chi connectivity index (χ2n) is 6.08. The topological polar surface area (TPSA) is 15.3 Å². The molecule has 114 valence electrons. The molecule has 0 aromatic carbocycles. The highest BCUT2D eigenvalue weighted by Gasteiger charge is 2.41. The number of nitrogens with one attached hydrogen (secondary N) is 1. The van der Waals surface area contributed by atoms with Crippen LogP contribution >= 0.6 is 27.3 Å². The third-order valence-corrected chi connectivity index (χ3v) is 6.39. The minimum atomic E-state index is 0.324. The Hall–Kier alpha value is 0.1000. The Balaban J connectivity index is 2.19. The van der Waals surface area contributed by atoms with Crippen LogP contribution < -0.4 is 5.32 Å². The van der Waals surface area contributed by atoms with E-state index in [0.29, 0.717) is 11.6 Å². The van der Waals surface area contributed by atoms with E-state index in [1.807, 2.05) is 11.3 Å². The number of nitrogens with zero attached hydrogens (tertiary/aromatic N) is 1. The molecule has 0 bridgehead atoms. The van der Waals surface area contributed by atoms with Gasteiger partial charge >= 0.3 is 0 Å². The largest absolute Gasteiger partial charge is 0.312 e. The lowest BCUT2D eigenvalue weighted by Crippen LogP contribution is -2.60. The van der Waals surface area contributed by atoms with E-state index in [1.54, 1.807) is 0 Å². The zero-order valence-electron chi connectivity index (χ0n) is 12.9. The number of rotatable bonds is 6. The molecule has 1 saturated carbocycles. The summed E-state index contributed by atoms with van der Waals surface area (Å²) >= 11 is 5.46. The van der Waals surface area contributed by atoms with E-state index in [2.05, 4.69) is 59.3 Å². The maximum atomic E-state index is 3.78. The van der Waals surface area contributed by atoms with Gasteiger partial charge in [-0.1, -0.05) is 26.2 Å². The molecule has 0 saturated heterocycles. The first kappa shape index (κ1) is 16.5. The van der Waals surface area contributed by atoms with Crippen LogP contribution in [-0.4, -0.2) is 37.1 Å². The average molecular weight is 359 g/mol. The van der Waals surface area contributed by atoms with Gasteiger partial charge in [-0.3, -0.25) is 0 Å². The number of hydrogen-bond acceptors (Lipinski definition) is 3. The molecule has 2 nitrogen and oxygen atoms in total. The van der Waals surface area contributed by atoms with Crippen molar-refractivity contribution in [3.63, 3.8) is 0 Å². The molecule has 1 unspecified atom stereocenters. The van der Waals surface area contributed by atoms with Crippen LogP contribution in [0.1, 0.15) is 43.9 Å². The van der Waals surface area contributed by atoms with Gasteiger partial charge in [0.15, 0.2) is 0 Å². The van der Waals surface area contributed by atoms with Crippen molar-refractivity contribution in [3.05, 3.63) is 20.8 Å². The predicted molar refractivity (Wildman–Crippen MR) is 92.7 cm³/mol. The minimum absolute atomic E-state index is 0.324. The number of thiophene rings is 1. The molecule has 4 heteroatoms. The third-order valence-electron chi connectivity index (χ3n) is 4.74. The Bertz CT molecular complexity index is 410. The average Bonchev–Trinajstić information content (AvgIpc) is 2.84. The fourth-order valence-electron chi connectivity index (χ4n) is 3.63. The van der Waals surface area contributed by atoms with E-state index in [9.17, 15) is 0 Å². The van der Waals surface area contributed by atoms with Crippen molar-refractivity contribution in [1.29, 1.82) is 0 Å². The Morgan fingerprint density at radius 2 is 2.00 bits per heavy atom. The van der Waals surface area contributed by atoms with Gasteiger partial charge in [0.25, 0.3) is 0 Å². The lowest BCUT2D eigenvalue weighted by Gasteiger charge is -2.49. The van der Waals surface area contributed by atoms with Gasteiger partial charge in [0.2, 0.25) is 0 Å². The first-order valence-corrected chi connectivity index (χ1v) is 9.34. The van der Waals surface area contributed by atoms with Crippen LogP contribution in [0.4, 0.5) is 0 Å². The van der Waals surface area contributed by atoms with Gasteiger partial charge in [-0.25, -0.2) is 0 Å². The van der Waals surface area contributed by atoms with Crippen molar-refractivity contribution < 1.29 is 0 Å². The molecule has 1 fully saturated rings. The van der Waals surface area contributed by atoms with E-state index in [1.165, 1.54) is 40.8 Å². The molecule has 1 aromatic rings. The zero-order chi connectivity index (χ0) is 14.6. The van der Waals surface area contributed by atoms with Crippen molar-refractivity contribution in [2.24, 2.45) is 0 Å². The molecule has 20 heavy (non-hydrogen) atoms. The van der Waals surface area contributed by atoms with Crippen LogP contribution in [0.15, 0.2) is 15.9 Å². The van der Waals surface area contributed by atoms with E-state index in [-0.39, 0.29) is 0 Å². The van der Waals surface area contributed by atoms with E-state index < -0.39 is 0 Å². The third kappa shape index (κ3) is 3.65. The molecule has 0 amide bonds. The minimum Gasteiger partial charge on any atom is -0.312 e. The maximum absolute atomic E-state index is 3.78. The van der Waals surface area contributed by atoms with Gasteiger partial charge in [-0.15, -0.1) is 11.3 Å². The van der Waals surface area contributed by atoms with E-state index >= 15 is 0 Å². The summed E-state index contributed by atoms with van der Waals surface area (Å²) in [5, 5.41) is 3.78. The fraction of sp³-hybridized carbons (Fsp3) is 0.750. The molecular formula is C16H27BrN2S. The quantitative estimate of drug-likeness (QED) is 0.815. The lowest BCUT2D eigenvalue weighted by atomic mass is 9.74. The molecular weight excluding hydrogens is 332 g/mol. The molecule has 1 N–H and O–H groups in total. The highest BCUT2D eigenvalue weighted by atomic mass is 79.9. The van der Waals surface area contributed by atoms with Gasteiger partial charge in [-0.05, 0) is 68.0 Å². The van der Waals surface area contributed by atoms with Crippen molar-refractivity contribution in [2.45, 2.75) is 57.0 Å². The second-order valence-corrected chi connectivity index (χ2v) is 8.63. The Morgan fingerprint density at radius 1 is 1.30 bits per heavy atom. The Kier molecular flexibility index (Phi) is 6.09. The summed E-state index contributed by atoms with van der Waals surface area (Å²) < 4.78 is 1.24. The molecule has 0 spiro atoms. The summed E-state index contributed by atoms with van der Waals surface area (Å²) in [6, 6.07) is 4.99. The van der Waals surface area contributed by atoms with E-state index in [4.69, 9.17) is 0 Å². The smallest absolute Gasteiger partial charge is 0.0701 e. The summed E-state index contributed by atoms with van der Waals surface area (Å²) in [6.07, 6.45) is 7.93. The Morgan fingerprint density at radius 3 is 2.50 bits per heavy atom. The monoisotopic (exact) mass is 358 g/mol. The summed E-state index contributed by atoms with van der Waals surface area (Å²) in [7, 11) is 4.53. The standard InChI is InChI=1S/C16H27BrN2S/c1-4-18-14(12-13-8-9-15(17)20-13)16(19(2)3)10-6-5-7-11-16/h8-9,14,18H,4-7,10-12H2,1-3H3. The van der Waals surface area contributed by atoms with Gasteiger partial charge < -0.3 is 10.2 Å². The van der Waals surface area contributed by atoms with E-state index in [0.717, 1.165) is 13.0 Å². The molecule has 0 aliphatic heterocycles. The van der Waals surface area contributed by atoms with Crippen LogP contribution in [-0.2, 0) is 6.42 Å². The van der Waals surface area contributed by atoms with Gasteiger partial charge in [0, 0.05) is 16.5 Å². The number of hydrogen-bond donors (Lipinski definition) is 1.